The van der Waals surface area contributed by atoms with Gasteiger partial charge < -0.3 is 10.1 Å². The molecule has 2 aliphatic rings. The molecule has 1 atom stereocenters. The number of rotatable bonds is 1. The van der Waals surface area contributed by atoms with Crippen molar-refractivity contribution in [3.8, 4) is 0 Å². The summed E-state index contributed by atoms with van der Waals surface area (Å²) in [6, 6.07) is 7.29. The van der Waals surface area contributed by atoms with Crippen LogP contribution in [-0.2, 0) is 4.74 Å². The van der Waals surface area contributed by atoms with Crippen LogP contribution in [0.4, 0.5) is 10.5 Å². The zero-order chi connectivity index (χ0) is 11.9. The molecule has 0 radical (unpaired) electrons. The lowest BCUT2D eigenvalue weighted by Crippen LogP contribution is -2.49. The zero-order valence-electron chi connectivity index (χ0n) is 9.28. The Balaban J connectivity index is 1.98. The summed E-state index contributed by atoms with van der Waals surface area (Å²) < 4.78 is 5.20. The smallest absolute Gasteiger partial charge is 0.415 e. The Labute approximate surface area is 104 Å². The Morgan fingerprint density at radius 2 is 2.12 bits per heavy atom. The summed E-state index contributed by atoms with van der Waals surface area (Å²) in [4.78, 5) is 13.6. The average molecular weight is 253 g/mol. The molecule has 0 aliphatic carbocycles. The van der Waals surface area contributed by atoms with E-state index in [1.807, 2.05) is 12.1 Å². The van der Waals surface area contributed by atoms with Gasteiger partial charge >= 0.3 is 6.09 Å². The van der Waals surface area contributed by atoms with Crippen molar-refractivity contribution in [2.45, 2.75) is 12.0 Å². The standard InChI is InChI=1S/C12H13ClN2O2/c13-9-1-3-10(4-2-9)15-11(16)17-8-12(15)5-6-14-7-12/h1-4,14H,5-8H2. The van der Waals surface area contributed by atoms with Crippen molar-refractivity contribution in [3.63, 3.8) is 0 Å². The maximum Gasteiger partial charge on any atom is 0.415 e. The van der Waals surface area contributed by atoms with E-state index >= 15 is 0 Å². The lowest BCUT2D eigenvalue weighted by molar-refractivity contribution is 0.174. The summed E-state index contributed by atoms with van der Waals surface area (Å²) in [5.41, 5.74) is 0.630. The van der Waals surface area contributed by atoms with E-state index in [2.05, 4.69) is 5.32 Å². The van der Waals surface area contributed by atoms with Gasteiger partial charge in [0.15, 0.2) is 0 Å². The maximum atomic E-state index is 11.9. The molecule has 4 nitrogen and oxygen atoms in total. The number of nitrogens with zero attached hydrogens (tertiary/aromatic N) is 1. The van der Waals surface area contributed by atoms with Gasteiger partial charge in [-0.05, 0) is 37.2 Å². The summed E-state index contributed by atoms with van der Waals surface area (Å²) in [6.45, 7) is 2.16. The molecule has 1 aromatic rings. The van der Waals surface area contributed by atoms with Crippen LogP contribution in [0.15, 0.2) is 24.3 Å². The van der Waals surface area contributed by atoms with Gasteiger partial charge in [-0.25, -0.2) is 4.79 Å². The minimum absolute atomic E-state index is 0.217. The first-order chi connectivity index (χ1) is 8.21. The van der Waals surface area contributed by atoms with Gasteiger partial charge in [0.2, 0.25) is 0 Å². The van der Waals surface area contributed by atoms with E-state index in [1.165, 1.54) is 0 Å². The zero-order valence-corrected chi connectivity index (χ0v) is 10.0. The molecule has 1 N–H and O–H groups in total. The van der Waals surface area contributed by atoms with Gasteiger partial charge in [0, 0.05) is 17.3 Å². The predicted octanol–water partition coefficient (Wildman–Crippen LogP) is 2.03. The molecule has 1 amide bonds. The van der Waals surface area contributed by atoms with E-state index in [1.54, 1.807) is 17.0 Å². The van der Waals surface area contributed by atoms with Gasteiger partial charge in [-0.1, -0.05) is 11.6 Å². The minimum atomic E-state index is -0.268. The van der Waals surface area contributed by atoms with Gasteiger partial charge in [0.25, 0.3) is 0 Å². The van der Waals surface area contributed by atoms with Crippen LogP contribution in [0.2, 0.25) is 5.02 Å². The van der Waals surface area contributed by atoms with Crippen molar-refractivity contribution in [2.24, 2.45) is 0 Å². The molecule has 2 fully saturated rings. The van der Waals surface area contributed by atoms with Crippen molar-refractivity contribution >= 4 is 23.4 Å². The highest BCUT2D eigenvalue weighted by Crippen LogP contribution is 2.35. The highest BCUT2D eigenvalue weighted by Gasteiger charge is 2.49. The first-order valence-electron chi connectivity index (χ1n) is 5.65. The van der Waals surface area contributed by atoms with Crippen molar-refractivity contribution in [1.82, 2.24) is 5.32 Å². The van der Waals surface area contributed by atoms with Gasteiger partial charge in [-0.3, -0.25) is 4.90 Å². The first kappa shape index (κ1) is 10.9. The molecule has 1 aromatic carbocycles. The molecule has 1 unspecified atom stereocenters. The molecule has 2 heterocycles. The SMILES string of the molecule is O=C1OCC2(CCNC2)N1c1ccc(Cl)cc1. The molecule has 90 valence electrons. The number of benzene rings is 1. The maximum absolute atomic E-state index is 11.9. The fourth-order valence-electron chi connectivity index (χ4n) is 2.53. The van der Waals surface area contributed by atoms with E-state index in [9.17, 15) is 4.79 Å². The number of carbonyl (C=O) groups is 1. The highest BCUT2D eigenvalue weighted by atomic mass is 35.5. The molecule has 5 heteroatoms. The molecule has 0 aromatic heterocycles. The number of anilines is 1. The molecule has 1 spiro atoms. The number of hydrogen-bond donors (Lipinski definition) is 1. The van der Waals surface area contributed by atoms with Crippen LogP contribution in [0, 0.1) is 0 Å². The molecular weight excluding hydrogens is 240 g/mol. The number of hydrogen-bond acceptors (Lipinski definition) is 3. The molecular formula is C12H13ClN2O2. The van der Waals surface area contributed by atoms with Crippen LogP contribution in [0.5, 0.6) is 0 Å². The van der Waals surface area contributed by atoms with Gasteiger partial charge in [0.1, 0.15) is 6.61 Å². The largest absolute Gasteiger partial charge is 0.447 e. The number of ether oxygens (including phenoxy) is 1. The number of cyclic esters (lactones) is 1. The summed E-state index contributed by atoms with van der Waals surface area (Å²) >= 11 is 5.86. The third kappa shape index (κ3) is 1.68. The van der Waals surface area contributed by atoms with Gasteiger partial charge in [-0.2, -0.15) is 0 Å². The fraction of sp³-hybridized carbons (Fsp3) is 0.417. The van der Waals surface area contributed by atoms with Crippen LogP contribution in [0.1, 0.15) is 6.42 Å². The highest BCUT2D eigenvalue weighted by molar-refractivity contribution is 6.30. The van der Waals surface area contributed by atoms with Crippen LogP contribution >= 0.6 is 11.6 Å². The van der Waals surface area contributed by atoms with Crippen LogP contribution < -0.4 is 10.2 Å². The Hall–Kier alpha value is -1.26. The van der Waals surface area contributed by atoms with E-state index in [4.69, 9.17) is 16.3 Å². The second-order valence-electron chi connectivity index (χ2n) is 4.52. The first-order valence-corrected chi connectivity index (χ1v) is 6.02. The lowest BCUT2D eigenvalue weighted by Gasteiger charge is -2.30. The number of amides is 1. The second-order valence-corrected chi connectivity index (χ2v) is 4.95. The Morgan fingerprint density at radius 3 is 2.76 bits per heavy atom. The second kappa shape index (κ2) is 3.89. The Kier molecular flexibility index (Phi) is 2.49. The van der Waals surface area contributed by atoms with E-state index in [-0.39, 0.29) is 11.6 Å². The molecule has 2 aliphatic heterocycles. The quantitative estimate of drug-likeness (QED) is 0.832. The monoisotopic (exact) mass is 252 g/mol. The number of carbonyl (C=O) groups excluding carboxylic acids is 1. The van der Waals surface area contributed by atoms with E-state index < -0.39 is 0 Å². The fourth-order valence-corrected chi connectivity index (χ4v) is 2.66. The number of halogens is 1. The molecule has 0 saturated carbocycles. The number of nitrogens with one attached hydrogen (secondary N) is 1. The van der Waals surface area contributed by atoms with Crippen molar-refractivity contribution < 1.29 is 9.53 Å². The third-order valence-corrected chi connectivity index (χ3v) is 3.68. The summed E-state index contributed by atoms with van der Waals surface area (Å²) in [5.74, 6) is 0. The molecule has 17 heavy (non-hydrogen) atoms. The van der Waals surface area contributed by atoms with Crippen LogP contribution in [-0.4, -0.2) is 31.3 Å². The summed E-state index contributed by atoms with van der Waals surface area (Å²) in [7, 11) is 0. The topological polar surface area (TPSA) is 41.6 Å². The summed E-state index contributed by atoms with van der Waals surface area (Å²) in [6.07, 6.45) is 0.650. The Morgan fingerprint density at radius 1 is 1.35 bits per heavy atom. The third-order valence-electron chi connectivity index (χ3n) is 3.43. The van der Waals surface area contributed by atoms with E-state index in [0.29, 0.717) is 11.6 Å². The van der Waals surface area contributed by atoms with Crippen molar-refractivity contribution in [1.29, 1.82) is 0 Å². The molecule has 0 bridgehead atoms. The molecule has 2 saturated heterocycles. The van der Waals surface area contributed by atoms with Gasteiger partial charge in [-0.15, -0.1) is 0 Å². The minimum Gasteiger partial charge on any atom is -0.447 e. The van der Waals surface area contributed by atoms with Crippen molar-refractivity contribution in [2.75, 3.05) is 24.6 Å². The Bertz CT molecular complexity index is 440. The summed E-state index contributed by atoms with van der Waals surface area (Å²) in [5, 5.41) is 3.95. The lowest BCUT2D eigenvalue weighted by atomic mass is 9.98. The average Bonchev–Trinajstić information content (AvgIpc) is 2.91. The van der Waals surface area contributed by atoms with Crippen molar-refractivity contribution in [3.05, 3.63) is 29.3 Å². The van der Waals surface area contributed by atoms with E-state index in [0.717, 1.165) is 25.2 Å². The van der Waals surface area contributed by atoms with Crippen LogP contribution in [0.3, 0.4) is 0 Å². The molecule has 3 rings (SSSR count). The normalized spacial score (nSPS) is 27.8. The van der Waals surface area contributed by atoms with Gasteiger partial charge in [0.05, 0.1) is 5.54 Å². The predicted molar refractivity (Wildman–Crippen MR) is 65.5 cm³/mol. The van der Waals surface area contributed by atoms with Crippen LogP contribution in [0.25, 0.3) is 0 Å².